The first-order chi connectivity index (χ1) is 6.11. The Morgan fingerprint density at radius 3 is 2.46 bits per heavy atom. The van der Waals surface area contributed by atoms with E-state index in [0.29, 0.717) is 6.54 Å². The predicted molar refractivity (Wildman–Crippen MR) is 45.7 cm³/mol. The van der Waals surface area contributed by atoms with Crippen LogP contribution >= 0.6 is 0 Å². The first-order valence-electron chi connectivity index (χ1n) is 4.42. The van der Waals surface area contributed by atoms with E-state index in [4.69, 9.17) is 5.73 Å². The van der Waals surface area contributed by atoms with Crippen LogP contribution < -0.4 is 5.73 Å². The smallest absolute Gasteiger partial charge is 0.245 e. The summed E-state index contributed by atoms with van der Waals surface area (Å²) in [5.74, 6) is -0.0473. The van der Waals surface area contributed by atoms with Crippen LogP contribution in [-0.4, -0.2) is 53.8 Å². The van der Waals surface area contributed by atoms with Gasteiger partial charge in [0, 0.05) is 20.1 Å². The minimum absolute atomic E-state index is 0.0419. The molecule has 0 aliphatic carbocycles. The molecule has 0 aromatic carbocycles. The molecule has 0 aromatic rings. The molecular formula is C8H13N3O2. The quantitative estimate of drug-likeness (QED) is 0.497. The van der Waals surface area contributed by atoms with Crippen LogP contribution in [0, 0.1) is 0 Å². The third-order valence-corrected chi connectivity index (χ3v) is 2.77. The second-order valence-corrected chi connectivity index (χ2v) is 3.66. The van der Waals surface area contributed by atoms with Crippen LogP contribution in [0.2, 0.25) is 0 Å². The van der Waals surface area contributed by atoms with Gasteiger partial charge in [0.1, 0.15) is 12.1 Å². The van der Waals surface area contributed by atoms with Gasteiger partial charge in [0.2, 0.25) is 11.8 Å². The van der Waals surface area contributed by atoms with E-state index in [1.165, 1.54) is 0 Å². The van der Waals surface area contributed by atoms with Gasteiger partial charge >= 0.3 is 0 Å². The van der Waals surface area contributed by atoms with Gasteiger partial charge in [0.15, 0.2) is 0 Å². The Hall–Kier alpha value is -1.10. The Morgan fingerprint density at radius 1 is 1.38 bits per heavy atom. The summed E-state index contributed by atoms with van der Waals surface area (Å²) in [5, 5.41) is 0. The van der Waals surface area contributed by atoms with Crippen molar-refractivity contribution >= 4 is 11.8 Å². The highest BCUT2D eigenvalue weighted by Crippen LogP contribution is 2.21. The van der Waals surface area contributed by atoms with Crippen LogP contribution in [0.5, 0.6) is 0 Å². The standard InChI is InChI=1S/C8H13N3O2/c1-10-3-2-6(8(10)13)11-4-5(9)7(11)12/h5-6H,2-4,9H2,1H3. The average molecular weight is 183 g/mol. The van der Waals surface area contributed by atoms with Crippen LogP contribution in [0.15, 0.2) is 0 Å². The van der Waals surface area contributed by atoms with Gasteiger partial charge in [-0.15, -0.1) is 0 Å². The Morgan fingerprint density at radius 2 is 2.08 bits per heavy atom. The van der Waals surface area contributed by atoms with Crippen molar-refractivity contribution in [3.63, 3.8) is 0 Å². The van der Waals surface area contributed by atoms with Crippen LogP contribution in [0.25, 0.3) is 0 Å². The molecule has 2 unspecified atom stereocenters. The Bertz CT molecular complexity index is 266. The zero-order valence-electron chi connectivity index (χ0n) is 7.56. The van der Waals surface area contributed by atoms with E-state index in [9.17, 15) is 9.59 Å². The molecule has 2 N–H and O–H groups in total. The molecule has 13 heavy (non-hydrogen) atoms. The fourth-order valence-corrected chi connectivity index (χ4v) is 1.85. The summed E-state index contributed by atoms with van der Waals surface area (Å²) in [6.45, 7) is 1.27. The molecule has 2 rings (SSSR count). The molecule has 0 bridgehead atoms. The summed E-state index contributed by atoms with van der Waals surface area (Å²) >= 11 is 0. The first kappa shape index (κ1) is 8.50. The molecule has 72 valence electrons. The molecule has 2 atom stereocenters. The Balaban J connectivity index is 2.04. The molecule has 0 aromatic heterocycles. The fraction of sp³-hybridized carbons (Fsp3) is 0.750. The maximum absolute atomic E-state index is 11.5. The number of carbonyl (C=O) groups is 2. The molecular weight excluding hydrogens is 170 g/mol. The number of hydrogen-bond donors (Lipinski definition) is 1. The van der Waals surface area contributed by atoms with Gasteiger partial charge in [0.05, 0.1) is 0 Å². The lowest BCUT2D eigenvalue weighted by atomic mass is 10.0. The highest BCUT2D eigenvalue weighted by Gasteiger charge is 2.44. The lowest BCUT2D eigenvalue weighted by Crippen LogP contribution is -2.65. The third kappa shape index (κ3) is 1.11. The van der Waals surface area contributed by atoms with Gasteiger partial charge in [-0.3, -0.25) is 9.59 Å². The number of likely N-dealkylation sites (N-methyl/N-ethyl adjacent to an activating group) is 1. The number of rotatable bonds is 1. The fourth-order valence-electron chi connectivity index (χ4n) is 1.85. The number of nitrogens with zero attached hydrogens (tertiary/aromatic N) is 2. The van der Waals surface area contributed by atoms with Crippen molar-refractivity contribution in [1.29, 1.82) is 0 Å². The Labute approximate surface area is 76.5 Å². The number of carbonyl (C=O) groups excluding carboxylic acids is 2. The van der Waals surface area contributed by atoms with Crippen molar-refractivity contribution in [1.82, 2.24) is 9.80 Å². The zero-order chi connectivity index (χ0) is 9.59. The van der Waals surface area contributed by atoms with Crippen LogP contribution in [-0.2, 0) is 9.59 Å². The number of nitrogens with two attached hydrogens (primary N) is 1. The summed E-state index contributed by atoms with van der Waals surface area (Å²) in [4.78, 5) is 25.9. The van der Waals surface area contributed by atoms with Crippen molar-refractivity contribution in [3.8, 4) is 0 Å². The van der Waals surface area contributed by atoms with E-state index >= 15 is 0 Å². The van der Waals surface area contributed by atoms with Crippen molar-refractivity contribution in [2.45, 2.75) is 18.5 Å². The van der Waals surface area contributed by atoms with Gasteiger partial charge in [0.25, 0.3) is 0 Å². The van der Waals surface area contributed by atoms with E-state index in [0.717, 1.165) is 13.0 Å². The van der Waals surface area contributed by atoms with E-state index in [-0.39, 0.29) is 23.9 Å². The second-order valence-electron chi connectivity index (χ2n) is 3.66. The minimum atomic E-state index is -0.376. The molecule has 2 saturated heterocycles. The van der Waals surface area contributed by atoms with Gasteiger partial charge < -0.3 is 15.5 Å². The normalized spacial score (nSPS) is 34.0. The monoisotopic (exact) mass is 183 g/mol. The van der Waals surface area contributed by atoms with Gasteiger partial charge in [-0.1, -0.05) is 0 Å². The van der Waals surface area contributed by atoms with E-state index in [1.54, 1.807) is 16.8 Å². The molecule has 0 spiro atoms. The highest BCUT2D eigenvalue weighted by molar-refractivity contribution is 5.94. The molecule has 2 aliphatic rings. The van der Waals surface area contributed by atoms with Crippen LogP contribution in [0.1, 0.15) is 6.42 Å². The molecule has 2 aliphatic heterocycles. The van der Waals surface area contributed by atoms with Crippen molar-refractivity contribution in [2.75, 3.05) is 20.1 Å². The minimum Gasteiger partial charge on any atom is -0.344 e. The van der Waals surface area contributed by atoms with Gasteiger partial charge in [-0.05, 0) is 6.42 Å². The molecule has 0 radical (unpaired) electrons. The lowest BCUT2D eigenvalue weighted by Gasteiger charge is -2.39. The summed E-state index contributed by atoms with van der Waals surface area (Å²) < 4.78 is 0. The molecule has 2 heterocycles. The van der Waals surface area contributed by atoms with E-state index in [2.05, 4.69) is 0 Å². The number of hydrogen-bond acceptors (Lipinski definition) is 3. The van der Waals surface area contributed by atoms with E-state index in [1.807, 2.05) is 0 Å². The van der Waals surface area contributed by atoms with Gasteiger partial charge in [-0.2, -0.15) is 0 Å². The van der Waals surface area contributed by atoms with Crippen molar-refractivity contribution < 1.29 is 9.59 Å². The Kier molecular flexibility index (Phi) is 1.76. The largest absolute Gasteiger partial charge is 0.344 e. The summed E-state index contributed by atoms with van der Waals surface area (Å²) in [6, 6.07) is -0.615. The number of β-lactam (4-membered cyclic amide) rings is 1. The van der Waals surface area contributed by atoms with Gasteiger partial charge in [-0.25, -0.2) is 0 Å². The predicted octanol–water partition coefficient (Wildman–Crippen LogP) is -1.61. The highest BCUT2D eigenvalue weighted by atomic mass is 16.2. The van der Waals surface area contributed by atoms with Crippen LogP contribution in [0.4, 0.5) is 0 Å². The molecule has 5 nitrogen and oxygen atoms in total. The summed E-state index contributed by atoms with van der Waals surface area (Å²) in [5.41, 5.74) is 5.44. The molecule has 2 fully saturated rings. The van der Waals surface area contributed by atoms with Crippen molar-refractivity contribution in [3.05, 3.63) is 0 Å². The number of likely N-dealkylation sites (tertiary alicyclic amines) is 2. The third-order valence-electron chi connectivity index (χ3n) is 2.77. The maximum atomic E-state index is 11.5. The second kappa shape index (κ2) is 2.70. The molecule has 0 saturated carbocycles. The zero-order valence-corrected chi connectivity index (χ0v) is 7.56. The molecule has 5 heteroatoms. The molecule has 2 amide bonds. The van der Waals surface area contributed by atoms with E-state index < -0.39 is 0 Å². The lowest BCUT2D eigenvalue weighted by molar-refractivity contribution is -0.151. The maximum Gasteiger partial charge on any atom is 0.245 e. The first-order valence-corrected chi connectivity index (χ1v) is 4.42. The average Bonchev–Trinajstić information content (AvgIpc) is 2.44. The topological polar surface area (TPSA) is 66.6 Å². The summed E-state index contributed by atoms with van der Waals surface area (Å²) in [6.07, 6.45) is 0.744. The number of amides is 2. The summed E-state index contributed by atoms with van der Waals surface area (Å²) in [7, 11) is 1.76. The van der Waals surface area contributed by atoms with Crippen molar-refractivity contribution in [2.24, 2.45) is 5.73 Å². The SMILES string of the molecule is CN1CCC(N2CC(N)C2=O)C1=O. The van der Waals surface area contributed by atoms with Crippen LogP contribution in [0.3, 0.4) is 0 Å².